The van der Waals surface area contributed by atoms with Crippen molar-refractivity contribution < 1.29 is 27.8 Å². The molecule has 0 aromatic heterocycles. The third kappa shape index (κ3) is 5.76. The minimum absolute atomic E-state index is 0.201. The van der Waals surface area contributed by atoms with Crippen molar-refractivity contribution in [3.05, 3.63) is 57.7 Å². The summed E-state index contributed by atoms with van der Waals surface area (Å²) in [6.07, 6.45) is 0. The van der Waals surface area contributed by atoms with Crippen molar-refractivity contribution in [3.8, 4) is 5.75 Å². The van der Waals surface area contributed by atoms with Crippen LogP contribution in [0.15, 0.2) is 42.5 Å². The highest BCUT2D eigenvalue weighted by Gasteiger charge is 2.11. The van der Waals surface area contributed by atoms with Crippen molar-refractivity contribution >= 4 is 40.2 Å². The van der Waals surface area contributed by atoms with E-state index in [4.69, 9.17) is 9.47 Å². The maximum atomic E-state index is 13.4. The van der Waals surface area contributed by atoms with Gasteiger partial charge in [-0.05, 0) is 59.0 Å². The molecule has 0 bridgehead atoms. The van der Waals surface area contributed by atoms with Gasteiger partial charge in [-0.25, -0.2) is 13.6 Å². The standard InChI is InChI=1S/C16H12F2INO4/c17-10-1-6-14(13(18)7-10)20-15(21)8-24-16(22)9-23-12-4-2-11(19)3-5-12/h1-7H,8-9H2,(H,20,21). The van der Waals surface area contributed by atoms with Gasteiger partial charge in [-0.3, -0.25) is 4.79 Å². The van der Waals surface area contributed by atoms with Crippen molar-refractivity contribution in [3.63, 3.8) is 0 Å². The van der Waals surface area contributed by atoms with Crippen LogP contribution < -0.4 is 10.1 Å². The maximum absolute atomic E-state index is 13.4. The first-order chi connectivity index (χ1) is 11.4. The Morgan fingerprint density at radius 2 is 1.75 bits per heavy atom. The Labute approximate surface area is 150 Å². The van der Waals surface area contributed by atoms with Crippen molar-refractivity contribution in [1.82, 2.24) is 0 Å². The molecular weight excluding hydrogens is 435 g/mol. The van der Waals surface area contributed by atoms with Crippen LogP contribution in [-0.4, -0.2) is 25.1 Å². The third-order valence-corrected chi connectivity index (χ3v) is 3.46. The summed E-state index contributed by atoms with van der Waals surface area (Å²) in [5, 5.41) is 2.17. The van der Waals surface area contributed by atoms with E-state index in [0.29, 0.717) is 11.8 Å². The summed E-state index contributed by atoms with van der Waals surface area (Å²) in [4.78, 5) is 23.1. The predicted octanol–water partition coefficient (Wildman–Crippen LogP) is 3.13. The Balaban J connectivity index is 1.74. The molecule has 24 heavy (non-hydrogen) atoms. The molecule has 0 spiro atoms. The zero-order valence-corrected chi connectivity index (χ0v) is 14.4. The first-order valence-corrected chi connectivity index (χ1v) is 7.81. The van der Waals surface area contributed by atoms with Gasteiger partial charge >= 0.3 is 5.97 Å². The van der Waals surface area contributed by atoms with E-state index in [-0.39, 0.29) is 12.3 Å². The predicted molar refractivity (Wildman–Crippen MR) is 90.6 cm³/mol. The van der Waals surface area contributed by atoms with Gasteiger partial charge in [0.1, 0.15) is 17.4 Å². The van der Waals surface area contributed by atoms with Crippen LogP contribution in [0, 0.1) is 15.2 Å². The molecule has 0 saturated carbocycles. The van der Waals surface area contributed by atoms with E-state index in [1.54, 1.807) is 12.1 Å². The number of hydrogen-bond donors (Lipinski definition) is 1. The fourth-order valence-corrected chi connectivity index (χ4v) is 2.00. The summed E-state index contributed by atoms with van der Waals surface area (Å²) in [7, 11) is 0. The quantitative estimate of drug-likeness (QED) is 0.546. The fraction of sp³-hybridized carbons (Fsp3) is 0.125. The second-order valence-electron chi connectivity index (χ2n) is 4.58. The van der Waals surface area contributed by atoms with E-state index >= 15 is 0 Å². The molecule has 2 rings (SSSR count). The molecule has 1 amide bonds. The highest BCUT2D eigenvalue weighted by Crippen LogP contribution is 2.15. The number of carbonyl (C=O) groups is 2. The molecule has 0 unspecified atom stereocenters. The summed E-state index contributed by atoms with van der Waals surface area (Å²) >= 11 is 2.13. The van der Waals surface area contributed by atoms with Crippen LogP contribution in [0.1, 0.15) is 0 Å². The number of halogens is 3. The number of benzene rings is 2. The Morgan fingerprint density at radius 3 is 2.42 bits per heavy atom. The molecule has 2 aromatic rings. The number of anilines is 1. The molecule has 5 nitrogen and oxygen atoms in total. The van der Waals surface area contributed by atoms with E-state index in [1.165, 1.54) is 0 Å². The summed E-state index contributed by atoms with van der Waals surface area (Å²) in [5.74, 6) is -2.68. The van der Waals surface area contributed by atoms with Crippen LogP contribution in [0.2, 0.25) is 0 Å². The van der Waals surface area contributed by atoms with Gasteiger partial charge in [0.15, 0.2) is 13.2 Å². The van der Waals surface area contributed by atoms with Gasteiger partial charge in [0, 0.05) is 9.64 Å². The summed E-state index contributed by atoms with van der Waals surface area (Å²) in [6.45, 7) is -0.968. The molecule has 8 heteroatoms. The average molecular weight is 447 g/mol. The minimum atomic E-state index is -0.920. The first-order valence-electron chi connectivity index (χ1n) is 6.73. The molecule has 1 N–H and O–H groups in total. The lowest BCUT2D eigenvalue weighted by Gasteiger charge is -2.08. The Bertz CT molecular complexity index is 737. The number of rotatable bonds is 6. The zero-order chi connectivity index (χ0) is 17.5. The van der Waals surface area contributed by atoms with E-state index < -0.39 is 30.1 Å². The van der Waals surface area contributed by atoms with Gasteiger partial charge < -0.3 is 14.8 Å². The van der Waals surface area contributed by atoms with E-state index in [2.05, 4.69) is 27.9 Å². The van der Waals surface area contributed by atoms with Gasteiger partial charge in [0.25, 0.3) is 5.91 Å². The molecule has 0 aliphatic rings. The van der Waals surface area contributed by atoms with Gasteiger partial charge in [-0.2, -0.15) is 0 Å². The zero-order valence-electron chi connectivity index (χ0n) is 12.2. The highest BCUT2D eigenvalue weighted by molar-refractivity contribution is 14.1. The molecule has 0 aliphatic carbocycles. The molecule has 0 atom stereocenters. The summed E-state index contributed by atoms with van der Waals surface area (Å²) in [5.41, 5.74) is -0.201. The molecular formula is C16H12F2INO4. The number of amides is 1. The van der Waals surface area contributed by atoms with Crippen LogP contribution in [0.3, 0.4) is 0 Å². The molecule has 2 aromatic carbocycles. The normalized spacial score (nSPS) is 10.1. The van der Waals surface area contributed by atoms with Crippen LogP contribution >= 0.6 is 22.6 Å². The molecule has 0 heterocycles. The van der Waals surface area contributed by atoms with Crippen molar-refractivity contribution in [2.45, 2.75) is 0 Å². The van der Waals surface area contributed by atoms with Gasteiger partial charge in [-0.1, -0.05) is 0 Å². The second-order valence-corrected chi connectivity index (χ2v) is 5.82. The topological polar surface area (TPSA) is 64.6 Å². The molecule has 0 saturated heterocycles. The largest absolute Gasteiger partial charge is 0.482 e. The first kappa shape index (κ1) is 18.1. The van der Waals surface area contributed by atoms with Crippen LogP contribution in [0.4, 0.5) is 14.5 Å². The number of esters is 1. The third-order valence-electron chi connectivity index (χ3n) is 2.74. The minimum Gasteiger partial charge on any atom is -0.482 e. The fourth-order valence-electron chi connectivity index (χ4n) is 1.64. The molecule has 0 aliphatic heterocycles. The summed E-state index contributed by atoms with van der Waals surface area (Å²) < 4.78 is 37.0. The van der Waals surface area contributed by atoms with Gasteiger partial charge in [0.2, 0.25) is 0 Å². The Hall–Kier alpha value is -2.23. The lowest BCUT2D eigenvalue weighted by Crippen LogP contribution is -2.24. The summed E-state index contributed by atoms with van der Waals surface area (Å²) in [6, 6.07) is 9.72. The van der Waals surface area contributed by atoms with Crippen molar-refractivity contribution in [2.24, 2.45) is 0 Å². The van der Waals surface area contributed by atoms with E-state index in [1.807, 2.05) is 12.1 Å². The van der Waals surface area contributed by atoms with E-state index in [0.717, 1.165) is 15.7 Å². The van der Waals surface area contributed by atoms with Crippen LogP contribution in [0.5, 0.6) is 5.75 Å². The maximum Gasteiger partial charge on any atom is 0.344 e. The average Bonchev–Trinajstić information content (AvgIpc) is 2.55. The SMILES string of the molecule is O=C(COC(=O)COc1ccc(I)cc1)Nc1ccc(F)cc1F. The second kappa shape index (κ2) is 8.57. The number of hydrogen-bond acceptors (Lipinski definition) is 4. The van der Waals surface area contributed by atoms with Crippen molar-refractivity contribution in [2.75, 3.05) is 18.5 Å². The Kier molecular flexibility index (Phi) is 6.47. The molecule has 0 fully saturated rings. The van der Waals surface area contributed by atoms with Gasteiger partial charge in [-0.15, -0.1) is 0 Å². The molecule has 0 radical (unpaired) electrons. The number of carbonyl (C=O) groups excluding carboxylic acids is 2. The highest BCUT2D eigenvalue weighted by atomic mass is 127. The van der Waals surface area contributed by atoms with Crippen molar-refractivity contribution in [1.29, 1.82) is 0 Å². The van der Waals surface area contributed by atoms with Crippen LogP contribution in [-0.2, 0) is 14.3 Å². The lowest BCUT2D eigenvalue weighted by atomic mass is 10.3. The monoisotopic (exact) mass is 447 g/mol. The molecule has 126 valence electrons. The lowest BCUT2D eigenvalue weighted by molar-refractivity contribution is -0.149. The van der Waals surface area contributed by atoms with Crippen LogP contribution in [0.25, 0.3) is 0 Å². The Morgan fingerprint density at radius 1 is 1.04 bits per heavy atom. The number of nitrogens with one attached hydrogen (secondary N) is 1. The number of ether oxygens (including phenoxy) is 2. The smallest absolute Gasteiger partial charge is 0.344 e. The van der Waals surface area contributed by atoms with E-state index in [9.17, 15) is 18.4 Å². The van der Waals surface area contributed by atoms with Gasteiger partial charge in [0.05, 0.1) is 5.69 Å².